The third-order valence-corrected chi connectivity index (χ3v) is 5.10. The van der Waals surface area contributed by atoms with Crippen molar-refractivity contribution in [2.75, 3.05) is 6.61 Å². The van der Waals surface area contributed by atoms with Gasteiger partial charge in [0.25, 0.3) is 0 Å². The SMILES string of the molecule is NC1CCC(COc2cncnc2-c2cnn(-c3ccc(O)c(F)c3)c2)CC1. The standard InChI is InChI=1S/C20H22FN5O2/c21-17-7-16(5-6-18(17)27)26-10-14(8-25-26)20-19(9-23-12-24-20)28-11-13-1-3-15(22)4-2-13/h5-10,12-13,15,27H,1-4,11,22H2. The molecule has 0 saturated heterocycles. The van der Waals surface area contributed by atoms with Crippen LogP contribution in [-0.4, -0.2) is 37.5 Å². The fourth-order valence-electron chi connectivity index (χ4n) is 3.43. The van der Waals surface area contributed by atoms with Crippen LogP contribution >= 0.6 is 0 Å². The van der Waals surface area contributed by atoms with Crippen LogP contribution in [0.2, 0.25) is 0 Å². The molecule has 0 atom stereocenters. The van der Waals surface area contributed by atoms with Crippen LogP contribution < -0.4 is 10.5 Å². The Morgan fingerprint density at radius 1 is 1.21 bits per heavy atom. The van der Waals surface area contributed by atoms with Crippen molar-refractivity contribution in [3.05, 3.63) is 48.9 Å². The molecular weight excluding hydrogens is 361 g/mol. The normalized spacial score (nSPS) is 19.5. The molecule has 0 radical (unpaired) electrons. The van der Waals surface area contributed by atoms with Crippen molar-refractivity contribution in [1.82, 2.24) is 19.7 Å². The van der Waals surface area contributed by atoms with E-state index in [0.717, 1.165) is 31.2 Å². The maximum absolute atomic E-state index is 13.6. The predicted molar refractivity (Wildman–Crippen MR) is 102 cm³/mol. The quantitative estimate of drug-likeness (QED) is 0.702. The van der Waals surface area contributed by atoms with Crippen molar-refractivity contribution in [3.63, 3.8) is 0 Å². The molecule has 28 heavy (non-hydrogen) atoms. The number of nitrogens with zero attached hydrogens (tertiary/aromatic N) is 4. The predicted octanol–water partition coefficient (Wildman–Crippen LogP) is 3.07. The van der Waals surface area contributed by atoms with Gasteiger partial charge in [0.2, 0.25) is 0 Å². The molecule has 0 bridgehead atoms. The maximum Gasteiger partial charge on any atom is 0.166 e. The minimum Gasteiger partial charge on any atom is -0.505 e. The summed E-state index contributed by atoms with van der Waals surface area (Å²) in [5, 5.41) is 13.6. The van der Waals surface area contributed by atoms with Crippen LogP contribution in [0, 0.1) is 11.7 Å². The van der Waals surface area contributed by atoms with Crippen LogP contribution in [0.4, 0.5) is 4.39 Å². The summed E-state index contributed by atoms with van der Waals surface area (Å²) < 4.78 is 21.2. The van der Waals surface area contributed by atoms with Gasteiger partial charge in [-0.15, -0.1) is 0 Å². The molecule has 3 N–H and O–H groups in total. The van der Waals surface area contributed by atoms with Gasteiger partial charge in [-0.3, -0.25) is 0 Å². The van der Waals surface area contributed by atoms with E-state index in [9.17, 15) is 9.50 Å². The van der Waals surface area contributed by atoms with E-state index < -0.39 is 11.6 Å². The van der Waals surface area contributed by atoms with Crippen molar-refractivity contribution in [2.24, 2.45) is 11.7 Å². The number of hydrogen-bond acceptors (Lipinski definition) is 6. The van der Waals surface area contributed by atoms with Gasteiger partial charge in [-0.2, -0.15) is 5.10 Å². The van der Waals surface area contributed by atoms with Gasteiger partial charge in [-0.05, 0) is 43.7 Å². The molecule has 2 aromatic heterocycles. The van der Waals surface area contributed by atoms with E-state index in [-0.39, 0.29) is 0 Å². The lowest BCUT2D eigenvalue weighted by atomic mass is 9.87. The van der Waals surface area contributed by atoms with E-state index in [1.54, 1.807) is 24.7 Å². The maximum atomic E-state index is 13.6. The Hall–Kier alpha value is -3.00. The minimum atomic E-state index is -0.701. The summed E-state index contributed by atoms with van der Waals surface area (Å²) in [7, 11) is 0. The smallest absolute Gasteiger partial charge is 0.166 e. The third-order valence-electron chi connectivity index (χ3n) is 5.10. The van der Waals surface area contributed by atoms with Crippen LogP contribution in [0.3, 0.4) is 0 Å². The molecule has 0 amide bonds. The molecule has 2 heterocycles. The number of halogens is 1. The van der Waals surface area contributed by atoms with E-state index in [2.05, 4.69) is 15.1 Å². The first-order chi connectivity index (χ1) is 13.6. The topological polar surface area (TPSA) is 99.1 Å². The average molecular weight is 383 g/mol. The van der Waals surface area contributed by atoms with Crippen LogP contribution in [0.25, 0.3) is 16.9 Å². The van der Waals surface area contributed by atoms with Crippen molar-refractivity contribution in [3.8, 4) is 28.4 Å². The first kappa shape index (κ1) is 18.4. The zero-order valence-electron chi connectivity index (χ0n) is 15.3. The second-order valence-corrected chi connectivity index (χ2v) is 7.14. The molecule has 1 aromatic carbocycles. The highest BCUT2D eigenvalue weighted by Gasteiger charge is 2.20. The lowest BCUT2D eigenvalue weighted by Gasteiger charge is -2.26. The minimum absolute atomic E-state index is 0.308. The zero-order chi connectivity index (χ0) is 19.5. The summed E-state index contributed by atoms with van der Waals surface area (Å²) in [6, 6.07) is 4.40. The van der Waals surface area contributed by atoms with Gasteiger partial charge in [0.15, 0.2) is 17.3 Å². The molecule has 0 aliphatic heterocycles. The molecule has 3 aromatic rings. The first-order valence-electron chi connectivity index (χ1n) is 9.32. The van der Waals surface area contributed by atoms with E-state index in [1.165, 1.54) is 23.1 Å². The Labute approximate surface area is 162 Å². The van der Waals surface area contributed by atoms with Gasteiger partial charge in [-0.25, -0.2) is 19.0 Å². The highest BCUT2D eigenvalue weighted by Crippen LogP contribution is 2.30. The Kier molecular flexibility index (Phi) is 5.21. The molecule has 7 nitrogen and oxygen atoms in total. The highest BCUT2D eigenvalue weighted by molar-refractivity contribution is 5.64. The lowest BCUT2D eigenvalue weighted by molar-refractivity contribution is 0.200. The molecule has 1 fully saturated rings. The average Bonchev–Trinajstić information content (AvgIpc) is 3.20. The highest BCUT2D eigenvalue weighted by atomic mass is 19.1. The number of aromatic nitrogens is 4. The van der Waals surface area contributed by atoms with Crippen LogP contribution in [0.15, 0.2) is 43.1 Å². The second-order valence-electron chi connectivity index (χ2n) is 7.14. The van der Waals surface area contributed by atoms with Crippen molar-refractivity contribution in [1.29, 1.82) is 0 Å². The van der Waals surface area contributed by atoms with E-state index in [4.69, 9.17) is 10.5 Å². The van der Waals surface area contributed by atoms with Crippen LogP contribution in [-0.2, 0) is 0 Å². The number of phenols is 1. The van der Waals surface area contributed by atoms with Crippen molar-refractivity contribution < 1.29 is 14.2 Å². The van der Waals surface area contributed by atoms with E-state index in [1.807, 2.05) is 0 Å². The zero-order valence-corrected chi connectivity index (χ0v) is 15.3. The summed E-state index contributed by atoms with van der Waals surface area (Å²) in [6.07, 6.45) is 10.7. The Morgan fingerprint density at radius 2 is 2.04 bits per heavy atom. The molecule has 146 valence electrons. The molecular formula is C20H22FN5O2. The van der Waals surface area contributed by atoms with Crippen LogP contribution in [0.1, 0.15) is 25.7 Å². The molecule has 4 rings (SSSR count). The summed E-state index contributed by atoms with van der Waals surface area (Å²) >= 11 is 0. The number of hydrogen-bond donors (Lipinski definition) is 2. The van der Waals surface area contributed by atoms with Gasteiger partial charge < -0.3 is 15.6 Å². The van der Waals surface area contributed by atoms with E-state index in [0.29, 0.717) is 35.7 Å². The summed E-state index contributed by atoms with van der Waals surface area (Å²) in [4.78, 5) is 8.41. The number of benzene rings is 1. The van der Waals surface area contributed by atoms with Gasteiger partial charge >= 0.3 is 0 Å². The lowest BCUT2D eigenvalue weighted by Crippen LogP contribution is -2.28. The van der Waals surface area contributed by atoms with Gasteiger partial charge in [0.1, 0.15) is 12.0 Å². The van der Waals surface area contributed by atoms with Gasteiger partial charge in [0.05, 0.1) is 24.7 Å². The molecule has 8 heteroatoms. The summed E-state index contributed by atoms with van der Waals surface area (Å²) in [6.45, 7) is 0.602. The molecule has 1 saturated carbocycles. The first-order valence-corrected chi connectivity index (χ1v) is 9.32. The Balaban J connectivity index is 1.52. The van der Waals surface area contributed by atoms with Crippen molar-refractivity contribution in [2.45, 2.75) is 31.7 Å². The Bertz CT molecular complexity index is 953. The molecule has 0 unspecified atom stereocenters. The second kappa shape index (κ2) is 7.93. The fraction of sp³-hybridized carbons (Fsp3) is 0.350. The molecule has 0 spiro atoms. The van der Waals surface area contributed by atoms with Gasteiger partial charge in [-0.1, -0.05) is 0 Å². The monoisotopic (exact) mass is 383 g/mol. The Morgan fingerprint density at radius 3 is 2.82 bits per heavy atom. The number of ether oxygens (including phenoxy) is 1. The van der Waals surface area contributed by atoms with Crippen molar-refractivity contribution >= 4 is 0 Å². The fourth-order valence-corrected chi connectivity index (χ4v) is 3.43. The molecule has 1 aliphatic carbocycles. The number of phenolic OH excluding ortho intramolecular Hbond substituents is 1. The van der Waals surface area contributed by atoms with Gasteiger partial charge in [0, 0.05) is 23.9 Å². The molecule has 1 aliphatic rings. The third kappa shape index (κ3) is 3.96. The summed E-state index contributed by atoms with van der Waals surface area (Å²) in [5.41, 5.74) is 7.83. The van der Waals surface area contributed by atoms with Crippen LogP contribution in [0.5, 0.6) is 11.5 Å². The van der Waals surface area contributed by atoms with E-state index >= 15 is 0 Å². The summed E-state index contributed by atoms with van der Waals surface area (Å²) in [5.74, 6) is -0.0246. The number of aromatic hydroxyl groups is 1. The number of rotatable bonds is 5. The largest absolute Gasteiger partial charge is 0.505 e. The number of nitrogens with two attached hydrogens (primary N) is 1.